The van der Waals surface area contributed by atoms with Crippen LogP contribution >= 0.6 is 11.8 Å². The summed E-state index contributed by atoms with van der Waals surface area (Å²) in [5.41, 5.74) is 0.523. The number of amides is 3. The minimum atomic E-state index is -0.493. The van der Waals surface area contributed by atoms with Gasteiger partial charge >= 0.3 is 6.03 Å². The molecule has 0 atom stereocenters. The Bertz CT molecular complexity index is 882. The van der Waals surface area contributed by atoms with E-state index in [-0.39, 0.29) is 11.3 Å². The molecule has 0 bridgehead atoms. The Labute approximate surface area is 175 Å². The molecule has 1 aromatic carbocycles. The van der Waals surface area contributed by atoms with E-state index < -0.39 is 11.9 Å². The molecule has 3 amide bonds. The number of thioether (sulfide) groups is 1. The van der Waals surface area contributed by atoms with Crippen molar-refractivity contribution in [2.45, 2.75) is 64.1 Å². The van der Waals surface area contributed by atoms with Crippen LogP contribution in [0.3, 0.4) is 0 Å². The van der Waals surface area contributed by atoms with E-state index in [1.807, 2.05) is 19.1 Å². The molecule has 0 unspecified atom stereocenters. The van der Waals surface area contributed by atoms with Gasteiger partial charge in [0.25, 0.3) is 5.56 Å². The molecule has 0 spiro atoms. The molecule has 158 valence electrons. The lowest BCUT2D eigenvalue weighted by atomic mass is 10.2. The van der Waals surface area contributed by atoms with Gasteiger partial charge in [0.05, 0.1) is 16.7 Å². The highest BCUT2D eigenvalue weighted by molar-refractivity contribution is 7.99. The lowest BCUT2D eigenvalue weighted by Crippen LogP contribution is -2.40. The van der Waals surface area contributed by atoms with Gasteiger partial charge in [-0.25, -0.2) is 9.78 Å². The molecule has 2 aromatic rings. The van der Waals surface area contributed by atoms with Crippen LogP contribution < -0.4 is 16.2 Å². The second-order valence-corrected chi connectivity index (χ2v) is 7.82. The lowest BCUT2D eigenvalue weighted by Gasteiger charge is -2.13. The summed E-state index contributed by atoms with van der Waals surface area (Å²) < 4.78 is 1.65. The molecular weight excluding hydrogens is 388 g/mol. The van der Waals surface area contributed by atoms with Crippen molar-refractivity contribution < 1.29 is 9.59 Å². The molecule has 1 heterocycles. The van der Waals surface area contributed by atoms with Crippen LogP contribution in [0.25, 0.3) is 10.9 Å². The Kier molecular flexibility index (Phi) is 9.70. The summed E-state index contributed by atoms with van der Waals surface area (Å²) in [6.45, 7) is 5.27. The fraction of sp³-hybridized carbons (Fsp3) is 0.524. The van der Waals surface area contributed by atoms with Crippen LogP contribution in [0, 0.1) is 0 Å². The van der Waals surface area contributed by atoms with Gasteiger partial charge < -0.3 is 5.32 Å². The first-order valence-electron chi connectivity index (χ1n) is 10.3. The Morgan fingerprint density at radius 1 is 1.07 bits per heavy atom. The van der Waals surface area contributed by atoms with Crippen LogP contribution in [0.15, 0.2) is 34.2 Å². The summed E-state index contributed by atoms with van der Waals surface area (Å²) in [6, 6.07) is 6.73. The summed E-state index contributed by atoms with van der Waals surface area (Å²) in [5.74, 6) is -0.398. The number of fused-ring (bicyclic) bond motifs is 1. The van der Waals surface area contributed by atoms with Gasteiger partial charge in [-0.05, 0) is 25.0 Å². The fourth-order valence-corrected chi connectivity index (χ4v) is 3.69. The second-order valence-electron chi connectivity index (χ2n) is 6.88. The Balaban J connectivity index is 2.08. The predicted octanol–water partition coefficient (Wildman–Crippen LogP) is 3.69. The number of nitrogens with one attached hydrogen (secondary N) is 2. The van der Waals surface area contributed by atoms with E-state index in [1.165, 1.54) is 11.8 Å². The van der Waals surface area contributed by atoms with Crippen molar-refractivity contribution in [2.24, 2.45) is 0 Å². The van der Waals surface area contributed by atoms with Crippen molar-refractivity contribution >= 4 is 34.6 Å². The standard InChI is InChI=1S/C21H30N4O3S/c1-3-5-7-10-14-25-19(27)16-11-8-9-12-17(16)23-21(25)29-15-18(26)24-20(28)22-13-6-4-2/h8-9,11-12H,3-7,10,13-15H2,1-2H3,(H2,22,24,26,28). The van der Waals surface area contributed by atoms with Crippen LogP contribution in [0.5, 0.6) is 0 Å². The summed E-state index contributed by atoms with van der Waals surface area (Å²) >= 11 is 1.18. The van der Waals surface area contributed by atoms with Crippen LogP contribution in [0.2, 0.25) is 0 Å². The number of benzene rings is 1. The van der Waals surface area contributed by atoms with E-state index >= 15 is 0 Å². The number of hydrogen-bond donors (Lipinski definition) is 2. The van der Waals surface area contributed by atoms with Crippen molar-refractivity contribution in [3.63, 3.8) is 0 Å². The highest BCUT2D eigenvalue weighted by Gasteiger charge is 2.14. The first-order valence-corrected chi connectivity index (χ1v) is 11.3. The molecular formula is C21H30N4O3S. The molecule has 0 saturated heterocycles. The molecule has 0 aliphatic heterocycles. The molecule has 7 nitrogen and oxygen atoms in total. The highest BCUT2D eigenvalue weighted by Crippen LogP contribution is 2.18. The number of para-hydroxylation sites is 1. The number of nitrogens with zero attached hydrogens (tertiary/aromatic N) is 2. The van der Waals surface area contributed by atoms with Gasteiger partial charge in [-0.1, -0.05) is 63.4 Å². The second kappa shape index (κ2) is 12.3. The maximum atomic E-state index is 12.9. The van der Waals surface area contributed by atoms with E-state index in [9.17, 15) is 14.4 Å². The monoisotopic (exact) mass is 418 g/mol. The van der Waals surface area contributed by atoms with E-state index in [1.54, 1.807) is 16.7 Å². The van der Waals surface area contributed by atoms with Crippen LogP contribution in [-0.4, -0.2) is 33.8 Å². The van der Waals surface area contributed by atoms with Gasteiger partial charge in [0, 0.05) is 13.1 Å². The summed E-state index contributed by atoms with van der Waals surface area (Å²) in [6.07, 6.45) is 5.99. The van der Waals surface area contributed by atoms with E-state index in [4.69, 9.17) is 0 Å². The van der Waals surface area contributed by atoms with Gasteiger partial charge in [0.1, 0.15) is 0 Å². The molecule has 2 rings (SSSR count). The summed E-state index contributed by atoms with van der Waals surface area (Å²) in [4.78, 5) is 41.3. The number of imide groups is 1. The zero-order valence-corrected chi connectivity index (χ0v) is 18.0. The zero-order valence-electron chi connectivity index (χ0n) is 17.2. The Morgan fingerprint density at radius 3 is 2.59 bits per heavy atom. The third-order valence-corrected chi connectivity index (χ3v) is 5.44. The van der Waals surface area contributed by atoms with Gasteiger partial charge in [-0.3, -0.25) is 19.5 Å². The van der Waals surface area contributed by atoms with E-state index in [0.29, 0.717) is 29.1 Å². The molecule has 2 N–H and O–H groups in total. The molecule has 29 heavy (non-hydrogen) atoms. The number of carbonyl (C=O) groups is 2. The van der Waals surface area contributed by atoms with Crippen molar-refractivity contribution in [3.05, 3.63) is 34.6 Å². The number of carbonyl (C=O) groups excluding carboxylic acids is 2. The SMILES string of the molecule is CCCCCCn1c(SCC(=O)NC(=O)NCCCC)nc2ccccc2c1=O. The number of rotatable bonds is 11. The van der Waals surface area contributed by atoms with Gasteiger partial charge in [0.15, 0.2) is 5.16 Å². The van der Waals surface area contributed by atoms with Crippen LogP contribution in [0.1, 0.15) is 52.4 Å². The molecule has 1 aromatic heterocycles. The first-order chi connectivity index (χ1) is 14.1. The quantitative estimate of drug-likeness (QED) is 0.330. The van der Waals surface area contributed by atoms with Crippen molar-refractivity contribution in [1.82, 2.24) is 20.2 Å². The average molecular weight is 419 g/mol. The molecule has 0 radical (unpaired) electrons. The zero-order chi connectivity index (χ0) is 21.1. The average Bonchev–Trinajstić information content (AvgIpc) is 2.71. The topological polar surface area (TPSA) is 93.1 Å². The van der Waals surface area contributed by atoms with Gasteiger partial charge in [-0.15, -0.1) is 0 Å². The van der Waals surface area contributed by atoms with Gasteiger partial charge in [-0.2, -0.15) is 0 Å². The summed E-state index contributed by atoms with van der Waals surface area (Å²) in [7, 11) is 0. The first kappa shape index (κ1) is 22.9. The number of unbranched alkanes of at least 4 members (excludes halogenated alkanes) is 4. The largest absolute Gasteiger partial charge is 0.338 e. The third-order valence-electron chi connectivity index (χ3n) is 4.46. The van der Waals surface area contributed by atoms with Crippen molar-refractivity contribution in [1.29, 1.82) is 0 Å². The minimum Gasteiger partial charge on any atom is -0.338 e. The highest BCUT2D eigenvalue weighted by atomic mass is 32.2. The Hall–Kier alpha value is -2.35. The normalized spacial score (nSPS) is 10.8. The van der Waals surface area contributed by atoms with Crippen molar-refractivity contribution in [3.8, 4) is 0 Å². The maximum absolute atomic E-state index is 12.9. The van der Waals surface area contributed by atoms with Crippen LogP contribution in [0.4, 0.5) is 4.79 Å². The smallest absolute Gasteiger partial charge is 0.321 e. The molecule has 0 saturated carbocycles. The van der Waals surface area contributed by atoms with E-state index in [2.05, 4.69) is 22.5 Å². The lowest BCUT2D eigenvalue weighted by molar-refractivity contribution is -0.117. The Morgan fingerprint density at radius 2 is 1.83 bits per heavy atom. The predicted molar refractivity (Wildman–Crippen MR) is 117 cm³/mol. The number of urea groups is 1. The number of hydrogen-bond acceptors (Lipinski definition) is 5. The van der Waals surface area contributed by atoms with Crippen LogP contribution in [-0.2, 0) is 11.3 Å². The van der Waals surface area contributed by atoms with E-state index in [0.717, 1.165) is 38.5 Å². The maximum Gasteiger partial charge on any atom is 0.321 e. The fourth-order valence-electron chi connectivity index (χ4n) is 2.87. The molecule has 0 aliphatic rings. The molecule has 0 fully saturated rings. The molecule has 0 aliphatic carbocycles. The third kappa shape index (κ3) is 7.20. The summed E-state index contributed by atoms with van der Waals surface area (Å²) in [5, 5.41) is 6.04. The van der Waals surface area contributed by atoms with Crippen molar-refractivity contribution in [2.75, 3.05) is 12.3 Å². The van der Waals surface area contributed by atoms with Gasteiger partial charge in [0.2, 0.25) is 5.91 Å². The minimum absolute atomic E-state index is 0.0148. The molecule has 8 heteroatoms. The number of aromatic nitrogens is 2.